The topological polar surface area (TPSA) is 89.0 Å². The smallest absolute Gasteiger partial charge is 0.344 e. The standard InChI is InChI=1S/C17H21FN4O3S/c1-10-5-6-12(8-14(10)18)19-15(23)11(2)26-17-21-20-16(24)22(17)9-13-4-3-7-25-13/h5-6,8,11,13H,3-4,7,9H2,1-2H3,(H,19,23)(H,20,24)/t11-,13-/m0/s1. The Morgan fingerprint density at radius 3 is 3.08 bits per heavy atom. The van der Waals surface area contributed by atoms with Gasteiger partial charge in [-0.1, -0.05) is 17.8 Å². The van der Waals surface area contributed by atoms with Crippen LogP contribution in [0.3, 0.4) is 0 Å². The number of nitrogens with zero attached hydrogens (tertiary/aromatic N) is 2. The Labute approximate surface area is 154 Å². The fraction of sp³-hybridized carbons (Fsp3) is 0.471. The molecule has 0 bridgehead atoms. The quantitative estimate of drug-likeness (QED) is 0.751. The van der Waals surface area contributed by atoms with Crippen LogP contribution in [0.1, 0.15) is 25.3 Å². The van der Waals surface area contributed by atoms with Gasteiger partial charge in [0.05, 0.1) is 17.9 Å². The van der Waals surface area contributed by atoms with E-state index in [4.69, 9.17) is 4.74 Å². The van der Waals surface area contributed by atoms with Gasteiger partial charge in [-0.3, -0.25) is 9.36 Å². The van der Waals surface area contributed by atoms with Crippen LogP contribution in [-0.2, 0) is 16.1 Å². The molecule has 7 nitrogen and oxygen atoms in total. The maximum atomic E-state index is 13.6. The van der Waals surface area contributed by atoms with E-state index in [0.29, 0.717) is 29.6 Å². The van der Waals surface area contributed by atoms with E-state index in [9.17, 15) is 14.0 Å². The van der Waals surface area contributed by atoms with E-state index in [1.165, 1.54) is 22.4 Å². The number of ether oxygens (including phenoxy) is 1. The van der Waals surface area contributed by atoms with Gasteiger partial charge in [0.25, 0.3) is 0 Å². The Hall–Kier alpha value is -2.13. The van der Waals surface area contributed by atoms with Crippen molar-refractivity contribution < 1.29 is 13.9 Å². The highest BCUT2D eigenvalue weighted by Gasteiger charge is 2.23. The van der Waals surface area contributed by atoms with E-state index in [2.05, 4.69) is 15.5 Å². The van der Waals surface area contributed by atoms with Crippen molar-refractivity contribution in [2.45, 2.75) is 49.7 Å². The van der Waals surface area contributed by atoms with Crippen molar-refractivity contribution in [3.05, 3.63) is 40.1 Å². The van der Waals surface area contributed by atoms with E-state index in [-0.39, 0.29) is 23.5 Å². The van der Waals surface area contributed by atoms with Crippen molar-refractivity contribution in [1.82, 2.24) is 14.8 Å². The van der Waals surface area contributed by atoms with E-state index >= 15 is 0 Å². The number of hydrogen-bond donors (Lipinski definition) is 2. The summed E-state index contributed by atoms with van der Waals surface area (Å²) in [7, 11) is 0. The van der Waals surface area contributed by atoms with Crippen LogP contribution in [0.4, 0.5) is 10.1 Å². The largest absolute Gasteiger partial charge is 0.376 e. The van der Waals surface area contributed by atoms with E-state index in [1.54, 1.807) is 26.0 Å². The van der Waals surface area contributed by atoms with Crippen molar-refractivity contribution in [2.24, 2.45) is 0 Å². The number of thioether (sulfide) groups is 1. The molecule has 2 aromatic rings. The molecule has 0 spiro atoms. The third-order valence-corrected chi connectivity index (χ3v) is 5.31. The first-order chi connectivity index (χ1) is 12.4. The number of H-pyrrole nitrogens is 1. The molecule has 1 aromatic heterocycles. The zero-order valence-corrected chi connectivity index (χ0v) is 15.4. The monoisotopic (exact) mass is 380 g/mol. The normalized spacial score (nSPS) is 18.0. The van der Waals surface area contributed by atoms with E-state index < -0.39 is 5.25 Å². The van der Waals surface area contributed by atoms with Crippen LogP contribution < -0.4 is 11.0 Å². The van der Waals surface area contributed by atoms with Gasteiger partial charge in [-0.15, -0.1) is 5.10 Å². The lowest BCUT2D eigenvalue weighted by molar-refractivity contribution is -0.115. The number of anilines is 1. The number of aromatic amines is 1. The summed E-state index contributed by atoms with van der Waals surface area (Å²) in [5, 5.41) is 9.02. The molecule has 3 rings (SSSR count). The Morgan fingerprint density at radius 2 is 2.38 bits per heavy atom. The van der Waals surface area contributed by atoms with E-state index in [1.807, 2.05) is 0 Å². The van der Waals surface area contributed by atoms with Crippen LogP contribution >= 0.6 is 11.8 Å². The van der Waals surface area contributed by atoms with Gasteiger partial charge >= 0.3 is 5.69 Å². The summed E-state index contributed by atoms with van der Waals surface area (Å²) in [4.78, 5) is 24.3. The first-order valence-corrected chi connectivity index (χ1v) is 9.32. The zero-order valence-electron chi connectivity index (χ0n) is 14.6. The van der Waals surface area contributed by atoms with Crippen molar-refractivity contribution in [1.29, 1.82) is 0 Å². The fourth-order valence-electron chi connectivity index (χ4n) is 2.67. The lowest BCUT2D eigenvalue weighted by Crippen LogP contribution is -2.27. The second-order valence-corrected chi connectivity index (χ2v) is 7.58. The Bertz CT molecular complexity index is 845. The number of aromatic nitrogens is 3. The molecular formula is C17H21FN4O3S. The predicted molar refractivity (Wildman–Crippen MR) is 96.9 cm³/mol. The highest BCUT2D eigenvalue weighted by atomic mass is 32.2. The molecule has 1 saturated heterocycles. The van der Waals surface area contributed by atoms with Crippen LogP contribution in [-0.4, -0.2) is 38.6 Å². The van der Waals surface area contributed by atoms with Crippen molar-refractivity contribution in [2.75, 3.05) is 11.9 Å². The van der Waals surface area contributed by atoms with Crippen molar-refractivity contribution in [3.8, 4) is 0 Å². The van der Waals surface area contributed by atoms with Gasteiger partial charge in [0.15, 0.2) is 5.16 Å². The number of carbonyl (C=O) groups is 1. The molecule has 1 aliphatic heterocycles. The molecule has 0 aliphatic carbocycles. The van der Waals surface area contributed by atoms with Gasteiger partial charge < -0.3 is 10.1 Å². The summed E-state index contributed by atoms with van der Waals surface area (Å²) in [6.07, 6.45) is 1.87. The fourth-order valence-corrected chi connectivity index (χ4v) is 3.54. The van der Waals surface area contributed by atoms with Crippen molar-refractivity contribution in [3.63, 3.8) is 0 Å². The Morgan fingerprint density at radius 1 is 1.58 bits per heavy atom. The number of rotatable bonds is 6. The Kier molecular flexibility index (Phi) is 5.77. The van der Waals surface area contributed by atoms with Gasteiger partial charge in [-0.25, -0.2) is 14.3 Å². The first kappa shape index (κ1) is 18.7. The van der Waals surface area contributed by atoms with E-state index in [0.717, 1.165) is 12.8 Å². The number of hydrogen-bond acceptors (Lipinski definition) is 5. The van der Waals surface area contributed by atoms with Gasteiger partial charge in [0, 0.05) is 12.3 Å². The van der Waals surface area contributed by atoms with Crippen LogP contribution in [0.5, 0.6) is 0 Å². The average Bonchev–Trinajstić information content (AvgIpc) is 3.23. The van der Waals surface area contributed by atoms with Crippen LogP contribution in [0.15, 0.2) is 28.2 Å². The van der Waals surface area contributed by atoms with Crippen LogP contribution in [0, 0.1) is 12.7 Å². The summed E-state index contributed by atoms with van der Waals surface area (Å²) in [6.45, 7) is 4.48. The van der Waals surface area contributed by atoms with Crippen LogP contribution in [0.2, 0.25) is 0 Å². The molecule has 2 atom stereocenters. The molecule has 0 unspecified atom stereocenters. The molecule has 1 aromatic carbocycles. The first-order valence-electron chi connectivity index (χ1n) is 8.44. The lowest BCUT2D eigenvalue weighted by atomic mass is 10.2. The second kappa shape index (κ2) is 8.05. The molecule has 1 aliphatic rings. The summed E-state index contributed by atoms with van der Waals surface area (Å²) in [5.41, 5.74) is 0.584. The second-order valence-electron chi connectivity index (χ2n) is 6.27. The minimum atomic E-state index is -0.516. The van der Waals surface area contributed by atoms with Crippen molar-refractivity contribution >= 4 is 23.4 Å². The summed E-state index contributed by atoms with van der Waals surface area (Å²) in [6, 6.07) is 4.54. The van der Waals surface area contributed by atoms with Gasteiger partial charge in [0.1, 0.15) is 5.82 Å². The SMILES string of the molecule is Cc1ccc(NC(=O)[C@H](C)Sc2n[nH]c(=O)n2C[C@@H]2CCCO2)cc1F. The predicted octanol–water partition coefficient (Wildman–Crippen LogP) is 2.32. The number of amides is 1. The molecule has 2 N–H and O–H groups in total. The van der Waals surface area contributed by atoms with Crippen LogP contribution in [0.25, 0.3) is 0 Å². The third kappa shape index (κ3) is 4.34. The number of aryl methyl sites for hydroxylation is 1. The molecule has 26 heavy (non-hydrogen) atoms. The third-order valence-electron chi connectivity index (χ3n) is 4.22. The number of carbonyl (C=O) groups excluding carboxylic acids is 1. The Balaban J connectivity index is 1.65. The maximum absolute atomic E-state index is 13.6. The summed E-state index contributed by atoms with van der Waals surface area (Å²) >= 11 is 1.17. The van der Waals surface area contributed by atoms with Gasteiger partial charge in [-0.05, 0) is 44.4 Å². The minimum Gasteiger partial charge on any atom is -0.376 e. The zero-order chi connectivity index (χ0) is 18.7. The molecule has 2 heterocycles. The highest BCUT2D eigenvalue weighted by molar-refractivity contribution is 8.00. The van der Waals surface area contributed by atoms with Gasteiger partial charge in [0.2, 0.25) is 5.91 Å². The lowest BCUT2D eigenvalue weighted by Gasteiger charge is -2.14. The summed E-state index contributed by atoms with van der Waals surface area (Å²) in [5.74, 6) is -0.668. The minimum absolute atomic E-state index is 0.00989. The molecule has 1 fully saturated rings. The number of halogens is 1. The molecule has 1 amide bonds. The van der Waals surface area contributed by atoms with Gasteiger partial charge in [-0.2, -0.15) is 0 Å². The number of benzene rings is 1. The average molecular weight is 380 g/mol. The number of nitrogens with one attached hydrogen (secondary N) is 2. The maximum Gasteiger partial charge on any atom is 0.344 e. The summed E-state index contributed by atoms with van der Waals surface area (Å²) < 4.78 is 20.7. The molecule has 9 heteroatoms. The molecule has 140 valence electrons. The highest BCUT2D eigenvalue weighted by Crippen LogP contribution is 2.23. The molecule has 0 radical (unpaired) electrons. The molecule has 0 saturated carbocycles. The molecular weight excluding hydrogens is 359 g/mol.